The molecule has 20 heavy (non-hydrogen) atoms. The summed E-state index contributed by atoms with van der Waals surface area (Å²) in [6.45, 7) is 0. The summed E-state index contributed by atoms with van der Waals surface area (Å²) in [4.78, 5) is 0. The lowest BCUT2D eigenvalue weighted by Gasteiger charge is -2.17. The molecule has 0 saturated heterocycles. The third-order valence-corrected chi connectivity index (χ3v) is 3.30. The maximum Gasteiger partial charge on any atom is 0.199 e. The van der Waals surface area contributed by atoms with Crippen LogP contribution in [-0.2, 0) is 0 Å². The largest absolute Gasteiger partial charge is 0.508 e. The van der Waals surface area contributed by atoms with Crippen LogP contribution in [0, 0.1) is 0 Å². The summed E-state index contributed by atoms with van der Waals surface area (Å²) >= 11 is 0. The number of ether oxygens (including phenoxy) is 1. The van der Waals surface area contributed by atoms with Gasteiger partial charge in [0.05, 0.1) is 0 Å². The minimum absolute atomic E-state index is 0.210. The smallest absolute Gasteiger partial charge is 0.199 e. The Kier molecular flexibility index (Phi) is 3.03. The van der Waals surface area contributed by atoms with E-state index in [-0.39, 0.29) is 5.75 Å². The van der Waals surface area contributed by atoms with Crippen molar-refractivity contribution in [1.29, 1.82) is 0 Å². The summed E-state index contributed by atoms with van der Waals surface area (Å²) in [6, 6.07) is 5.13. The SMILES string of the molecule is C[N+](C)=C1C=CC(=C2C=Cc3ccc(O)cc3O2)C=C1. The van der Waals surface area contributed by atoms with Crippen LogP contribution in [0.1, 0.15) is 5.56 Å². The van der Waals surface area contributed by atoms with Crippen LogP contribution in [0.5, 0.6) is 11.5 Å². The highest BCUT2D eigenvalue weighted by Crippen LogP contribution is 2.32. The Hall–Kier alpha value is -2.55. The van der Waals surface area contributed by atoms with Crippen LogP contribution in [0.4, 0.5) is 0 Å². The maximum absolute atomic E-state index is 9.52. The van der Waals surface area contributed by atoms with Gasteiger partial charge in [-0.3, -0.25) is 0 Å². The molecule has 0 bridgehead atoms. The number of nitrogens with zero attached hydrogens (tertiary/aromatic N) is 1. The highest BCUT2D eigenvalue weighted by molar-refractivity contribution is 6.02. The van der Waals surface area contributed by atoms with Gasteiger partial charge in [0, 0.05) is 29.4 Å². The molecule has 0 aromatic heterocycles. The molecule has 3 heteroatoms. The van der Waals surface area contributed by atoms with E-state index >= 15 is 0 Å². The molecule has 1 aromatic rings. The molecule has 2 aliphatic rings. The zero-order valence-electron chi connectivity index (χ0n) is 11.5. The average Bonchev–Trinajstić information content (AvgIpc) is 2.46. The van der Waals surface area contributed by atoms with Crippen molar-refractivity contribution in [3.63, 3.8) is 0 Å². The van der Waals surface area contributed by atoms with Gasteiger partial charge < -0.3 is 9.84 Å². The van der Waals surface area contributed by atoms with E-state index in [0.717, 1.165) is 22.6 Å². The third kappa shape index (κ3) is 2.30. The fraction of sp³-hybridized carbons (Fsp3) is 0.118. The first-order chi connectivity index (χ1) is 9.63. The number of benzene rings is 1. The molecule has 0 atom stereocenters. The molecule has 1 aliphatic carbocycles. The monoisotopic (exact) mass is 266 g/mol. The number of allylic oxidation sites excluding steroid dienone is 6. The summed E-state index contributed by atoms with van der Waals surface area (Å²) < 4.78 is 7.91. The Morgan fingerprint density at radius 2 is 1.70 bits per heavy atom. The van der Waals surface area contributed by atoms with Crippen LogP contribution in [0.15, 0.2) is 59.9 Å². The van der Waals surface area contributed by atoms with Crippen molar-refractivity contribution in [2.75, 3.05) is 14.1 Å². The second-order valence-corrected chi connectivity index (χ2v) is 4.96. The highest BCUT2D eigenvalue weighted by atomic mass is 16.5. The first kappa shape index (κ1) is 12.5. The summed E-state index contributed by atoms with van der Waals surface area (Å²) in [7, 11) is 4.02. The molecule has 100 valence electrons. The van der Waals surface area contributed by atoms with Crippen molar-refractivity contribution in [3.8, 4) is 11.5 Å². The first-order valence-electron chi connectivity index (χ1n) is 6.47. The van der Waals surface area contributed by atoms with Gasteiger partial charge in [0.15, 0.2) is 5.71 Å². The van der Waals surface area contributed by atoms with Crippen molar-refractivity contribution in [2.24, 2.45) is 0 Å². The summed E-state index contributed by atoms with van der Waals surface area (Å²) in [5.74, 6) is 1.67. The quantitative estimate of drug-likeness (QED) is 0.732. The molecule has 0 fully saturated rings. The van der Waals surface area contributed by atoms with Crippen molar-refractivity contribution in [1.82, 2.24) is 0 Å². The number of rotatable bonds is 0. The van der Waals surface area contributed by atoms with Crippen molar-refractivity contribution < 1.29 is 14.4 Å². The fourth-order valence-electron chi connectivity index (χ4n) is 2.15. The van der Waals surface area contributed by atoms with Crippen LogP contribution in [-0.4, -0.2) is 29.5 Å². The lowest BCUT2D eigenvalue weighted by atomic mass is 10.0. The van der Waals surface area contributed by atoms with E-state index in [4.69, 9.17) is 4.74 Å². The molecule has 1 aromatic carbocycles. The van der Waals surface area contributed by atoms with E-state index in [1.54, 1.807) is 12.1 Å². The lowest BCUT2D eigenvalue weighted by molar-refractivity contribution is -0.462. The van der Waals surface area contributed by atoms with E-state index in [2.05, 4.69) is 16.7 Å². The number of fused-ring (bicyclic) bond motifs is 1. The zero-order valence-corrected chi connectivity index (χ0v) is 11.5. The third-order valence-electron chi connectivity index (χ3n) is 3.30. The molecule has 1 heterocycles. The Balaban J connectivity index is 1.95. The van der Waals surface area contributed by atoms with Gasteiger partial charge in [0.25, 0.3) is 0 Å². The average molecular weight is 266 g/mol. The molecular weight excluding hydrogens is 250 g/mol. The molecule has 3 nitrogen and oxygen atoms in total. The summed E-state index contributed by atoms with van der Waals surface area (Å²) in [6.07, 6.45) is 12.1. The van der Waals surface area contributed by atoms with Crippen LogP contribution in [0.2, 0.25) is 0 Å². The van der Waals surface area contributed by atoms with Crippen LogP contribution in [0.3, 0.4) is 0 Å². The number of phenolic OH excluding ortho intramolecular Hbond substituents is 1. The Labute approximate surface area is 118 Å². The predicted octanol–water partition coefficient (Wildman–Crippen LogP) is 2.89. The van der Waals surface area contributed by atoms with Gasteiger partial charge in [-0.25, -0.2) is 4.58 Å². The normalized spacial score (nSPS) is 16.2. The van der Waals surface area contributed by atoms with E-state index in [1.807, 2.05) is 44.5 Å². The number of hydrogen-bond donors (Lipinski definition) is 1. The van der Waals surface area contributed by atoms with Crippen LogP contribution in [0.25, 0.3) is 6.08 Å². The lowest BCUT2D eigenvalue weighted by Crippen LogP contribution is -2.10. The number of hydrogen-bond acceptors (Lipinski definition) is 2. The molecule has 3 rings (SSSR count). The van der Waals surface area contributed by atoms with Gasteiger partial charge in [0.2, 0.25) is 0 Å². The predicted molar refractivity (Wildman–Crippen MR) is 80.2 cm³/mol. The fourth-order valence-corrected chi connectivity index (χ4v) is 2.15. The Morgan fingerprint density at radius 3 is 2.40 bits per heavy atom. The minimum atomic E-state index is 0.210. The van der Waals surface area contributed by atoms with Gasteiger partial charge in [-0.2, -0.15) is 0 Å². The van der Waals surface area contributed by atoms with Crippen LogP contribution < -0.4 is 4.74 Å². The highest BCUT2D eigenvalue weighted by Gasteiger charge is 2.14. The first-order valence-corrected chi connectivity index (χ1v) is 6.47. The zero-order chi connectivity index (χ0) is 14.1. The van der Waals surface area contributed by atoms with E-state index in [0.29, 0.717) is 5.75 Å². The van der Waals surface area contributed by atoms with Gasteiger partial charge in [0.1, 0.15) is 31.4 Å². The number of aromatic hydroxyl groups is 1. The maximum atomic E-state index is 9.52. The number of phenols is 1. The molecule has 0 spiro atoms. The minimum Gasteiger partial charge on any atom is -0.508 e. The van der Waals surface area contributed by atoms with E-state index in [1.165, 1.54) is 0 Å². The topological polar surface area (TPSA) is 32.5 Å². The van der Waals surface area contributed by atoms with Crippen molar-refractivity contribution >= 4 is 11.8 Å². The summed E-state index contributed by atoms with van der Waals surface area (Å²) in [5.41, 5.74) is 3.13. The molecule has 0 saturated carbocycles. The van der Waals surface area contributed by atoms with Crippen LogP contribution >= 0.6 is 0 Å². The molecule has 1 N–H and O–H groups in total. The Morgan fingerprint density at radius 1 is 0.950 bits per heavy atom. The molecular formula is C17H16NO2+. The molecule has 1 aliphatic heterocycles. The van der Waals surface area contributed by atoms with Gasteiger partial charge in [-0.05, 0) is 36.4 Å². The van der Waals surface area contributed by atoms with E-state index in [9.17, 15) is 5.11 Å². The van der Waals surface area contributed by atoms with E-state index < -0.39 is 0 Å². The second kappa shape index (κ2) is 4.85. The van der Waals surface area contributed by atoms with Gasteiger partial charge in [-0.15, -0.1) is 0 Å². The second-order valence-electron chi connectivity index (χ2n) is 4.96. The molecule has 0 unspecified atom stereocenters. The van der Waals surface area contributed by atoms with Crippen molar-refractivity contribution in [3.05, 3.63) is 65.5 Å². The van der Waals surface area contributed by atoms with Crippen molar-refractivity contribution in [2.45, 2.75) is 0 Å². The van der Waals surface area contributed by atoms with Gasteiger partial charge >= 0.3 is 0 Å². The van der Waals surface area contributed by atoms with Gasteiger partial charge in [-0.1, -0.05) is 0 Å². The molecule has 0 amide bonds. The summed E-state index contributed by atoms with van der Waals surface area (Å²) in [5, 5.41) is 9.52. The molecule has 0 radical (unpaired) electrons. The Bertz CT molecular complexity index is 697. The standard InChI is InChI=1S/C17H15NO2/c1-18(2)14-7-3-12(4-8-14)16-10-6-13-5-9-15(19)11-17(13)20-16/h3-11H,1-2H3/p+1.